The SMILES string of the molecule is CCOC1=CC(=Nc2ccc(CCNCCO)cc2)C(=N)C=C1N.Cl.Cl. The molecule has 0 bridgehead atoms. The van der Waals surface area contributed by atoms with Crippen molar-refractivity contribution in [1.29, 1.82) is 5.41 Å². The Morgan fingerprint density at radius 1 is 1.15 bits per heavy atom. The number of hydrogen-bond donors (Lipinski definition) is 4. The topological polar surface area (TPSA) is 104 Å². The van der Waals surface area contributed by atoms with E-state index in [0.29, 0.717) is 30.3 Å². The number of halogens is 2. The van der Waals surface area contributed by atoms with E-state index < -0.39 is 0 Å². The second-order valence-electron chi connectivity index (χ2n) is 5.34. The van der Waals surface area contributed by atoms with Gasteiger partial charge in [-0.3, -0.25) is 5.41 Å². The molecule has 6 nitrogen and oxygen atoms in total. The van der Waals surface area contributed by atoms with Gasteiger partial charge in [0.15, 0.2) is 0 Å². The molecule has 2 rings (SSSR count). The molecule has 0 unspecified atom stereocenters. The number of nitrogens with zero attached hydrogens (tertiary/aromatic N) is 1. The first-order valence-electron chi connectivity index (χ1n) is 8.04. The van der Waals surface area contributed by atoms with Crippen LogP contribution in [0, 0.1) is 5.41 Å². The zero-order valence-electron chi connectivity index (χ0n) is 14.7. The standard InChI is InChI=1S/C18H24N4O2.2ClH/c1-2-24-18-12-17(15(19)11-16(18)20)22-14-5-3-13(4-6-14)7-8-21-9-10-23;;/h3-6,11-12,19,21,23H,2,7-10,20H2,1H3;2*1H. The molecule has 0 saturated heterocycles. The normalized spacial score (nSPS) is 14.8. The van der Waals surface area contributed by atoms with Crippen LogP contribution in [0.2, 0.25) is 0 Å². The summed E-state index contributed by atoms with van der Waals surface area (Å²) in [4.78, 5) is 4.50. The van der Waals surface area contributed by atoms with E-state index in [1.807, 2.05) is 31.2 Å². The maximum atomic E-state index is 8.73. The third-order valence-corrected chi connectivity index (χ3v) is 3.49. The predicted octanol–water partition coefficient (Wildman–Crippen LogP) is 2.52. The number of rotatable bonds is 8. The van der Waals surface area contributed by atoms with Gasteiger partial charge in [-0.15, -0.1) is 24.8 Å². The van der Waals surface area contributed by atoms with Crippen LogP contribution in [0.1, 0.15) is 12.5 Å². The number of allylic oxidation sites excluding steroid dienone is 2. The Balaban J connectivity index is 0.00000312. The predicted molar refractivity (Wildman–Crippen MR) is 111 cm³/mol. The summed E-state index contributed by atoms with van der Waals surface area (Å²) in [6, 6.07) is 7.89. The third-order valence-electron chi connectivity index (χ3n) is 3.49. The molecule has 1 aromatic carbocycles. The number of nitrogens with two attached hydrogens (primary N) is 1. The van der Waals surface area contributed by atoms with Crippen molar-refractivity contribution in [3.05, 3.63) is 53.4 Å². The molecule has 0 fully saturated rings. The second kappa shape index (κ2) is 12.5. The summed E-state index contributed by atoms with van der Waals surface area (Å²) in [5, 5.41) is 19.9. The monoisotopic (exact) mass is 400 g/mol. The number of nitrogens with one attached hydrogen (secondary N) is 2. The molecule has 0 radical (unpaired) electrons. The second-order valence-corrected chi connectivity index (χ2v) is 5.34. The van der Waals surface area contributed by atoms with Gasteiger partial charge in [-0.25, -0.2) is 4.99 Å². The Morgan fingerprint density at radius 2 is 1.85 bits per heavy atom. The molecule has 144 valence electrons. The Hall–Kier alpha value is -1.86. The smallest absolute Gasteiger partial charge is 0.144 e. The molecule has 0 amide bonds. The average Bonchev–Trinajstić information content (AvgIpc) is 2.57. The Labute approximate surface area is 166 Å². The summed E-state index contributed by atoms with van der Waals surface area (Å²) in [5.41, 5.74) is 9.08. The molecule has 0 aromatic heterocycles. The number of aliphatic hydroxyl groups excluding tert-OH is 1. The van der Waals surface area contributed by atoms with E-state index in [1.54, 1.807) is 12.2 Å². The average molecular weight is 401 g/mol. The van der Waals surface area contributed by atoms with Crippen molar-refractivity contribution in [2.75, 3.05) is 26.3 Å². The number of aliphatic imine (C=N–C) groups is 1. The summed E-state index contributed by atoms with van der Waals surface area (Å²) >= 11 is 0. The van der Waals surface area contributed by atoms with Crippen molar-refractivity contribution < 1.29 is 9.84 Å². The zero-order chi connectivity index (χ0) is 17.4. The summed E-state index contributed by atoms with van der Waals surface area (Å²) in [6.45, 7) is 3.99. The van der Waals surface area contributed by atoms with E-state index in [0.717, 1.165) is 18.7 Å². The van der Waals surface area contributed by atoms with E-state index >= 15 is 0 Å². The van der Waals surface area contributed by atoms with Crippen LogP contribution >= 0.6 is 24.8 Å². The first-order valence-corrected chi connectivity index (χ1v) is 8.04. The molecule has 0 spiro atoms. The van der Waals surface area contributed by atoms with Gasteiger partial charge in [-0.1, -0.05) is 12.1 Å². The fraction of sp³-hybridized carbons (Fsp3) is 0.333. The van der Waals surface area contributed by atoms with Gasteiger partial charge >= 0.3 is 0 Å². The highest BCUT2D eigenvalue weighted by Gasteiger charge is 2.15. The van der Waals surface area contributed by atoms with Crippen LogP contribution < -0.4 is 11.1 Å². The lowest BCUT2D eigenvalue weighted by molar-refractivity contribution is 0.237. The largest absolute Gasteiger partial charge is 0.492 e. The molecule has 1 aromatic rings. The van der Waals surface area contributed by atoms with Crippen molar-refractivity contribution in [2.45, 2.75) is 13.3 Å². The lowest BCUT2D eigenvalue weighted by Crippen LogP contribution is -2.20. The highest BCUT2D eigenvalue weighted by atomic mass is 35.5. The molecule has 0 aliphatic heterocycles. The van der Waals surface area contributed by atoms with Crippen LogP contribution in [0.25, 0.3) is 0 Å². The summed E-state index contributed by atoms with van der Waals surface area (Å²) in [6.07, 6.45) is 4.15. The first kappa shape index (κ1) is 24.1. The minimum Gasteiger partial charge on any atom is -0.492 e. The van der Waals surface area contributed by atoms with E-state index in [2.05, 4.69) is 10.3 Å². The molecule has 0 heterocycles. The molecule has 1 aliphatic carbocycles. The number of ether oxygens (including phenoxy) is 1. The summed E-state index contributed by atoms with van der Waals surface area (Å²) < 4.78 is 5.46. The Bertz CT molecular complexity index is 670. The summed E-state index contributed by atoms with van der Waals surface area (Å²) in [7, 11) is 0. The van der Waals surface area contributed by atoms with Crippen LogP contribution in [-0.2, 0) is 11.2 Å². The number of benzene rings is 1. The first-order chi connectivity index (χ1) is 11.6. The maximum absolute atomic E-state index is 8.73. The van der Waals surface area contributed by atoms with Gasteiger partial charge < -0.3 is 20.9 Å². The van der Waals surface area contributed by atoms with Gasteiger partial charge in [-0.05, 0) is 43.7 Å². The van der Waals surface area contributed by atoms with Gasteiger partial charge in [-0.2, -0.15) is 0 Å². The lowest BCUT2D eigenvalue weighted by atomic mass is 10.1. The number of aliphatic hydroxyl groups is 1. The van der Waals surface area contributed by atoms with E-state index in [4.69, 9.17) is 21.0 Å². The number of hydrogen-bond acceptors (Lipinski definition) is 6. The highest BCUT2D eigenvalue weighted by Crippen LogP contribution is 2.18. The minimum atomic E-state index is 0. The van der Waals surface area contributed by atoms with Crippen molar-refractivity contribution in [3.63, 3.8) is 0 Å². The van der Waals surface area contributed by atoms with Crippen LogP contribution in [-0.4, -0.2) is 42.8 Å². The van der Waals surface area contributed by atoms with E-state index in [1.165, 1.54) is 5.56 Å². The Morgan fingerprint density at radius 3 is 2.46 bits per heavy atom. The van der Waals surface area contributed by atoms with Crippen LogP contribution in [0.3, 0.4) is 0 Å². The van der Waals surface area contributed by atoms with Crippen molar-refractivity contribution in [1.82, 2.24) is 5.32 Å². The van der Waals surface area contributed by atoms with Crippen LogP contribution in [0.5, 0.6) is 0 Å². The molecule has 8 heteroatoms. The molecule has 1 aliphatic rings. The molecule has 5 N–H and O–H groups in total. The summed E-state index contributed by atoms with van der Waals surface area (Å²) in [5.74, 6) is 0.554. The van der Waals surface area contributed by atoms with E-state index in [9.17, 15) is 0 Å². The fourth-order valence-electron chi connectivity index (χ4n) is 2.27. The molecular weight excluding hydrogens is 375 g/mol. The van der Waals surface area contributed by atoms with Crippen molar-refractivity contribution in [2.24, 2.45) is 10.7 Å². The highest BCUT2D eigenvalue weighted by molar-refractivity contribution is 6.50. The lowest BCUT2D eigenvalue weighted by Gasteiger charge is -2.14. The van der Waals surface area contributed by atoms with Gasteiger partial charge in [0.1, 0.15) is 5.76 Å². The van der Waals surface area contributed by atoms with Gasteiger partial charge in [0.2, 0.25) is 0 Å². The zero-order valence-corrected chi connectivity index (χ0v) is 16.3. The Kier molecular flexibility index (Phi) is 11.6. The fourth-order valence-corrected chi connectivity index (χ4v) is 2.27. The van der Waals surface area contributed by atoms with Gasteiger partial charge in [0, 0.05) is 12.6 Å². The molecular formula is C18H26Cl2N4O2. The van der Waals surface area contributed by atoms with Crippen LogP contribution in [0.15, 0.2) is 52.9 Å². The van der Waals surface area contributed by atoms with E-state index in [-0.39, 0.29) is 37.1 Å². The van der Waals surface area contributed by atoms with Gasteiger partial charge in [0.25, 0.3) is 0 Å². The molecule has 26 heavy (non-hydrogen) atoms. The third kappa shape index (κ3) is 7.17. The minimum absolute atomic E-state index is 0. The molecule has 0 atom stereocenters. The van der Waals surface area contributed by atoms with Crippen LogP contribution in [0.4, 0.5) is 5.69 Å². The van der Waals surface area contributed by atoms with Crippen molar-refractivity contribution >= 4 is 41.9 Å². The molecule has 0 saturated carbocycles. The maximum Gasteiger partial charge on any atom is 0.144 e. The quantitative estimate of drug-likeness (QED) is 0.397. The van der Waals surface area contributed by atoms with Gasteiger partial charge in [0.05, 0.1) is 36.0 Å². The van der Waals surface area contributed by atoms with Crippen molar-refractivity contribution in [3.8, 4) is 0 Å².